The quantitative estimate of drug-likeness (QED) is 0.726. The fraction of sp³-hybridized carbons (Fsp3) is 0.312. The minimum atomic E-state index is -0.203. The number of thiophene rings is 1. The van der Waals surface area contributed by atoms with Crippen molar-refractivity contribution < 1.29 is 9.59 Å². The molecule has 1 aliphatic heterocycles. The zero-order chi connectivity index (χ0) is 17.2. The second kappa shape index (κ2) is 6.60. The van der Waals surface area contributed by atoms with Gasteiger partial charge in [-0.25, -0.2) is 0 Å². The van der Waals surface area contributed by atoms with Gasteiger partial charge in [-0.05, 0) is 30.0 Å². The molecule has 1 saturated heterocycles. The van der Waals surface area contributed by atoms with E-state index in [1.165, 1.54) is 0 Å². The van der Waals surface area contributed by atoms with Crippen molar-refractivity contribution in [2.45, 2.75) is 19.4 Å². The van der Waals surface area contributed by atoms with E-state index in [2.05, 4.69) is 25.9 Å². The first-order valence-electron chi connectivity index (χ1n) is 7.99. The number of nitrogens with one attached hydrogen (secondary N) is 2. The molecule has 0 radical (unpaired) electrons. The maximum absolute atomic E-state index is 12.3. The van der Waals surface area contributed by atoms with Crippen molar-refractivity contribution in [1.82, 2.24) is 30.4 Å². The second-order valence-electron chi connectivity index (χ2n) is 5.87. The van der Waals surface area contributed by atoms with Crippen molar-refractivity contribution in [3.8, 4) is 11.3 Å². The molecule has 4 heterocycles. The van der Waals surface area contributed by atoms with E-state index < -0.39 is 0 Å². The number of amides is 2. The van der Waals surface area contributed by atoms with Crippen LogP contribution >= 0.6 is 11.3 Å². The van der Waals surface area contributed by atoms with E-state index in [1.54, 1.807) is 15.9 Å². The van der Waals surface area contributed by atoms with Gasteiger partial charge < -0.3 is 10.6 Å². The van der Waals surface area contributed by atoms with E-state index >= 15 is 0 Å². The molecule has 0 aliphatic carbocycles. The van der Waals surface area contributed by atoms with Gasteiger partial charge in [0.25, 0.3) is 0 Å². The molecule has 0 saturated carbocycles. The highest BCUT2D eigenvalue weighted by Crippen LogP contribution is 2.20. The molecule has 1 fully saturated rings. The summed E-state index contributed by atoms with van der Waals surface area (Å²) in [5.41, 5.74) is 2.50. The summed E-state index contributed by atoms with van der Waals surface area (Å²) in [7, 11) is 0. The van der Waals surface area contributed by atoms with Gasteiger partial charge >= 0.3 is 0 Å². The van der Waals surface area contributed by atoms with Crippen LogP contribution in [0, 0.1) is 5.92 Å². The number of rotatable bonds is 4. The van der Waals surface area contributed by atoms with E-state index in [0.29, 0.717) is 30.9 Å². The molecule has 2 N–H and O–H groups in total. The Morgan fingerprint density at radius 3 is 3.04 bits per heavy atom. The van der Waals surface area contributed by atoms with Crippen LogP contribution < -0.4 is 10.6 Å². The summed E-state index contributed by atoms with van der Waals surface area (Å²) >= 11 is 1.61. The first-order valence-corrected chi connectivity index (χ1v) is 8.93. The largest absolute Gasteiger partial charge is 0.355 e. The molecule has 128 valence electrons. The fourth-order valence-electron chi connectivity index (χ4n) is 2.77. The van der Waals surface area contributed by atoms with E-state index in [0.717, 1.165) is 11.3 Å². The van der Waals surface area contributed by atoms with Gasteiger partial charge in [-0.15, -0.1) is 10.2 Å². The Balaban J connectivity index is 1.48. The van der Waals surface area contributed by atoms with E-state index in [9.17, 15) is 9.59 Å². The Morgan fingerprint density at radius 1 is 1.36 bits per heavy atom. The molecular weight excluding hydrogens is 340 g/mol. The van der Waals surface area contributed by atoms with Crippen molar-refractivity contribution in [3.63, 3.8) is 0 Å². The molecule has 4 rings (SSSR count). The topological polar surface area (TPSA) is 101 Å². The third-order valence-electron chi connectivity index (χ3n) is 4.20. The van der Waals surface area contributed by atoms with Crippen LogP contribution in [0.3, 0.4) is 0 Å². The number of carbonyl (C=O) groups excluding carboxylic acids is 2. The Morgan fingerprint density at radius 2 is 2.28 bits per heavy atom. The summed E-state index contributed by atoms with van der Waals surface area (Å²) in [6.07, 6.45) is 0.955. The summed E-state index contributed by atoms with van der Waals surface area (Å²) in [4.78, 5) is 23.4. The van der Waals surface area contributed by atoms with E-state index in [4.69, 9.17) is 0 Å². The lowest BCUT2D eigenvalue weighted by Gasteiger charge is -2.21. The van der Waals surface area contributed by atoms with Gasteiger partial charge in [-0.2, -0.15) is 21.0 Å². The van der Waals surface area contributed by atoms with Gasteiger partial charge in [0.05, 0.1) is 18.2 Å². The summed E-state index contributed by atoms with van der Waals surface area (Å²) in [6, 6.07) is 5.76. The van der Waals surface area contributed by atoms with Gasteiger partial charge in [0, 0.05) is 23.9 Å². The summed E-state index contributed by atoms with van der Waals surface area (Å²) in [5.74, 6) is 0.273. The molecule has 0 aromatic carbocycles. The molecule has 8 nitrogen and oxygen atoms in total. The minimum Gasteiger partial charge on any atom is -0.355 e. The predicted octanol–water partition coefficient (Wildman–Crippen LogP) is 0.995. The van der Waals surface area contributed by atoms with Gasteiger partial charge in [-0.1, -0.05) is 0 Å². The Kier molecular flexibility index (Phi) is 4.14. The highest BCUT2D eigenvalue weighted by molar-refractivity contribution is 7.08. The zero-order valence-electron chi connectivity index (χ0n) is 13.3. The average molecular weight is 356 g/mol. The molecule has 3 aromatic heterocycles. The van der Waals surface area contributed by atoms with Gasteiger partial charge in [-0.3, -0.25) is 9.59 Å². The maximum Gasteiger partial charge on any atom is 0.225 e. The molecule has 9 heteroatoms. The van der Waals surface area contributed by atoms with Crippen LogP contribution in [0.4, 0.5) is 0 Å². The smallest absolute Gasteiger partial charge is 0.225 e. The Labute approximate surface area is 147 Å². The lowest BCUT2D eigenvalue weighted by Crippen LogP contribution is -2.42. The number of carbonyl (C=O) groups is 2. The van der Waals surface area contributed by atoms with E-state index in [1.807, 2.05) is 29.0 Å². The number of fused-ring (bicyclic) bond motifs is 1. The van der Waals surface area contributed by atoms with Crippen molar-refractivity contribution >= 4 is 28.8 Å². The highest BCUT2D eigenvalue weighted by atomic mass is 32.1. The molecule has 1 aliphatic rings. The van der Waals surface area contributed by atoms with E-state index in [-0.39, 0.29) is 24.3 Å². The second-order valence-corrected chi connectivity index (χ2v) is 6.65. The first-order chi connectivity index (χ1) is 12.2. The summed E-state index contributed by atoms with van der Waals surface area (Å²) < 4.78 is 1.65. The number of aromatic nitrogens is 4. The third-order valence-corrected chi connectivity index (χ3v) is 4.88. The molecule has 1 unspecified atom stereocenters. The SMILES string of the molecule is O=C1CCC(C(=O)NCc2nnc3ccc(-c4ccsc4)nn23)CN1. The number of nitrogens with zero attached hydrogens (tertiary/aromatic N) is 4. The van der Waals surface area contributed by atoms with Crippen molar-refractivity contribution in [2.24, 2.45) is 5.92 Å². The van der Waals surface area contributed by atoms with Gasteiger partial charge in [0.1, 0.15) is 0 Å². The maximum atomic E-state index is 12.3. The van der Waals surface area contributed by atoms with Crippen LogP contribution in [0.25, 0.3) is 16.9 Å². The molecule has 2 amide bonds. The Hall–Kier alpha value is -2.81. The van der Waals surface area contributed by atoms with Crippen molar-refractivity contribution in [2.75, 3.05) is 6.54 Å². The van der Waals surface area contributed by atoms with Gasteiger partial charge in [0.2, 0.25) is 11.8 Å². The monoisotopic (exact) mass is 356 g/mol. The summed E-state index contributed by atoms with van der Waals surface area (Å²) in [6.45, 7) is 0.621. The zero-order valence-corrected chi connectivity index (χ0v) is 14.1. The number of piperidine rings is 1. The molecule has 0 spiro atoms. The van der Waals surface area contributed by atoms with Crippen LogP contribution in [-0.4, -0.2) is 38.2 Å². The molecule has 1 atom stereocenters. The third kappa shape index (κ3) is 3.22. The Bertz CT molecular complexity index is 910. The lowest BCUT2D eigenvalue weighted by atomic mass is 9.98. The van der Waals surface area contributed by atoms with Crippen LogP contribution in [0.1, 0.15) is 18.7 Å². The van der Waals surface area contributed by atoms with Crippen LogP contribution in [0.15, 0.2) is 29.0 Å². The molecular formula is C16H16N6O2S. The number of hydrogen-bond donors (Lipinski definition) is 2. The fourth-order valence-corrected chi connectivity index (χ4v) is 3.42. The minimum absolute atomic E-state index is 0.00217. The van der Waals surface area contributed by atoms with Crippen LogP contribution in [0.2, 0.25) is 0 Å². The molecule has 3 aromatic rings. The van der Waals surface area contributed by atoms with Crippen molar-refractivity contribution in [3.05, 3.63) is 34.8 Å². The van der Waals surface area contributed by atoms with Crippen LogP contribution in [-0.2, 0) is 16.1 Å². The standard InChI is InChI=1S/C16H16N6O2S/c23-15-4-1-10(7-17-15)16(24)18-8-14-20-19-13-3-2-12(21-22(13)14)11-5-6-25-9-11/h2-3,5-6,9-10H,1,4,7-8H2,(H,17,23)(H,18,24). The predicted molar refractivity (Wildman–Crippen MR) is 91.7 cm³/mol. The van der Waals surface area contributed by atoms with Crippen molar-refractivity contribution in [1.29, 1.82) is 0 Å². The molecule has 25 heavy (non-hydrogen) atoms. The average Bonchev–Trinajstić information content (AvgIpc) is 3.30. The van der Waals surface area contributed by atoms with Gasteiger partial charge in [0.15, 0.2) is 11.5 Å². The molecule has 0 bridgehead atoms. The highest BCUT2D eigenvalue weighted by Gasteiger charge is 2.24. The normalized spacial score (nSPS) is 17.4. The number of hydrogen-bond acceptors (Lipinski definition) is 6. The summed E-state index contributed by atoms with van der Waals surface area (Å²) in [5, 5.41) is 22.4. The first kappa shape index (κ1) is 15.7. The van der Waals surface area contributed by atoms with Crippen LogP contribution in [0.5, 0.6) is 0 Å². The lowest BCUT2D eigenvalue weighted by molar-refractivity contribution is -0.129.